The Labute approximate surface area is 149 Å². The summed E-state index contributed by atoms with van der Waals surface area (Å²) in [4.78, 5) is 2.36. The highest BCUT2D eigenvalue weighted by Gasteiger charge is 2.25. The number of hydrogen-bond acceptors (Lipinski definition) is 6. The maximum Gasteiger partial charge on any atom is 0.150 e. The second kappa shape index (κ2) is 7.01. The molecule has 25 heavy (non-hydrogen) atoms. The predicted octanol–water partition coefficient (Wildman–Crippen LogP) is 4.02. The van der Waals surface area contributed by atoms with Gasteiger partial charge in [0.25, 0.3) is 0 Å². The molecule has 5 nitrogen and oxygen atoms in total. The molecule has 0 spiro atoms. The van der Waals surface area contributed by atoms with Crippen molar-refractivity contribution in [3.05, 3.63) is 52.6 Å². The van der Waals surface area contributed by atoms with Gasteiger partial charge in [0.1, 0.15) is 10.8 Å². The van der Waals surface area contributed by atoms with Crippen LogP contribution in [0.5, 0.6) is 0 Å². The lowest BCUT2D eigenvalue weighted by Crippen LogP contribution is -2.33. The molecule has 2 aromatic heterocycles. The molecule has 0 saturated carbocycles. The van der Waals surface area contributed by atoms with Crippen LogP contribution in [-0.2, 0) is 6.54 Å². The third kappa shape index (κ3) is 3.62. The molecule has 0 N–H and O–H groups in total. The number of likely N-dealkylation sites (tertiary alicyclic amines) is 1. The van der Waals surface area contributed by atoms with E-state index in [0.717, 1.165) is 48.9 Å². The lowest BCUT2D eigenvalue weighted by molar-refractivity contribution is 0.180. The highest BCUT2D eigenvalue weighted by atomic mass is 32.1. The van der Waals surface area contributed by atoms with E-state index in [0.29, 0.717) is 16.5 Å². The van der Waals surface area contributed by atoms with Crippen molar-refractivity contribution in [1.82, 2.24) is 20.3 Å². The van der Waals surface area contributed by atoms with Crippen molar-refractivity contribution in [2.75, 3.05) is 13.1 Å². The van der Waals surface area contributed by atoms with Crippen molar-refractivity contribution in [1.29, 1.82) is 0 Å². The summed E-state index contributed by atoms with van der Waals surface area (Å²) in [6, 6.07) is 8.69. The molecule has 1 aliphatic heterocycles. The van der Waals surface area contributed by atoms with Gasteiger partial charge in [0, 0.05) is 24.1 Å². The average molecular weight is 358 g/mol. The van der Waals surface area contributed by atoms with Crippen LogP contribution in [0.3, 0.4) is 0 Å². The first-order valence-corrected chi connectivity index (χ1v) is 9.23. The van der Waals surface area contributed by atoms with Crippen LogP contribution in [0, 0.1) is 12.7 Å². The number of halogens is 1. The van der Waals surface area contributed by atoms with Crippen LogP contribution in [0.1, 0.15) is 35.2 Å². The molecular formula is C18H19FN4OS. The Hall–Kier alpha value is -2.12. The van der Waals surface area contributed by atoms with Gasteiger partial charge in [0.15, 0.2) is 10.8 Å². The number of aromatic nitrogens is 3. The summed E-state index contributed by atoms with van der Waals surface area (Å²) in [5.41, 5.74) is 1.43. The van der Waals surface area contributed by atoms with Gasteiger partial charge in [-0.1, -0.05) is 28.6 Å². The van der Waals surface area contributed by atoms with Gasteiger partial charge in [-0.25, -0.2) is 4.39 Å². The molecule has 0 amide bonds. The molecule has 1 aliphatic rings. The Balaban J connectivity index is 1.47. The van der Waals surface area contributed by atoms with E-state index in [9.17, 15) is 4.39 Å². The molecule has 0 aliphatic carbocycles. The topological polar surface area (TPSA) is 55.1 Å². The average Bonchev–Trinajstić information content (AvgIpc) is 3.25. The standard InChI is InChI=1S/C18H19FN4OS/c1-12-9-14(24-22-12)11-23-8-4-5-13(10-23)17-20-21-18(25-17)15-6-2-3-7-16(15)19/h2-3,6-7,9,13H,4-5,8,10-11H2,1H3. The van der Waals surface area contributed by atoms with Crippen LogP contribution < -0.4 is 0 Å². The molecule has 0 radical (unpaired) electrons. The van der Waals surface area contributed by atoms with E-state index in [2.05, 4.69) is 20.3 Å². The summed E-state index contributed by atoms with van der Waals surface area (Å²) in [6.45, 7) is 4.63. The monoisotopic (exact) mass is 358 g/mol. The van der Waals surface area contributed by atoms with Crippen LogP contribution in [0.4, 0.5) is 4.39 Å². The van der Waals surface area contributed by atoms with Gasteiger partial charge in [0.05, 0.1) is 12.2 Å². The quantitative estimate of drug-likeness (QED) is 0.705. The number of rotatable bonds is 4. The molecule has 3 aromatic rings. The van der Waals surface area contributed by atoms with Crippen molar-refractivity contribution in [3.63, 3.8) is 0 Å². The van der Waals surface area contributed by atoms with E-state index < -0.39 is 0 Å². The Morgan fingerprint density at radius 3 is 3.00 bits per heavy atom. The minimum absolute atomic E-state index is 0.254. The van der Waals surface area contributed by atoms with Crippen LogP contribution >= 0.6 is 11.3 Å². The molecule has 1 unspecified atom stereocenters. The second-order valence-corrected chi connectivity index (χ2v) is 7.44. The van der Waals surface area contributed by atoms with Gasteiger partial charge in [-0.15, -0.1) is 10.2 Å². The van der Waals surface area contributed by atoms with Crippen molar-refractivity contribution in [2.24, 2.45) is 0 Å². The van der Waals surface area contributed by atoms with E-state index in [1.54, 1.807) is 12.1 Å². The zero-order chi connectivity index (χ0) is 17.2. The Morgan fingerprint density at radius 1 is 1.32 bits per heavy atom. The maximum absolute atomic E-state index is 13.9. The van der Waals surface area contributed by atoms with Crippen LogP contribution in [0.2, 0.25) is 0 Å². The van der Waals surface area contributed by atoms with Crippen molar-refractivity contribution < 1.29 is 8.91 Å². The van der Waals surface area contributed by atoms with E-state index >= 15 is 0 Å². The minimum atomic E-state index is -0.254. The van der Waals surface area contributed by atoms with Crippen LogP contribution in [0.15, 0.2) is 34.9 Å². The fraction of sp³-hybridized carbons (Fsp3) is 0.389. The van der Waals surface area contributed by atoms with Gasteiger partial charge >= 0.3 is 0 Å². The van der Waals surface area contributed by atoms with E-state index in [4.69, 9.17) is 4.52 Å². The van der Waals surface area contributed by atoms with E-state index in [1.807, 2.05) is 19.1 Å². The summed E-state index contributed by atoms with van der Waals surface area (Å²) in [6.07, 6.45) is 2.18. The summed E-state index contributed by atoms with van der Waals surface area (Å²) in [7, 11) is 0. The van der Waals surface area contributed by atoms with Gasteiger partial charge < -0.3 is 4.52 Å². The molecule has 4 rings (SSSR count). The van der Waals surface area contributed by atoms with Crippen molar-refractivity contribution in [3.8, 4) is 10.6 Å². The highest BCUT2D eigenvalue weighted by molar-refractivity contribution is 7.14. The third-order valence-electron chi connectivity index (χ3n) is 4.46. The Kier molecular flexibility index (Phi) is 4.59. The lowest BCUT2D eigenvalue weighted by atomic mass is 9.99. The molecule has 3 heterocycles. The summed E-state index contributed by atoms with van der Waals surface area (Å²) in [5.74, 6) is 0.967. The first-order chi connectivity index (χ1) is 12.2. The van der Waals surface area contributed by atoms with E-state index in [1.165, 1.54) is 17.4 Å². The zero-order valence-corrected chi connectivity index (χ0v) is 14.8. The van der Waals surface area contributed by atoms with Gasteiger partial charge in [-0.2, -0.15) is 0 Å². The summed E-state index contributed by atoms with van der Waals surface area (Å²) >= 11 is 1.49. The lowest BCUT2D eigenvalue weighted by Gasteiger charge is -2.30. The SMILES string of the molecule is Cc1cc(CN2CCCC(c3nnc(-c4ccccc4F)s3)C2)on1. The fourth-order valence-corrected chi connectivity index (χ4v) is 4.25. The van der Waals surface area contributed by atoms with Gasteiger partial charge in [0.2, 0.25) is 0 Å². The molecular weight excluding hydrogens is 339 g/mol. The first kappa shape index (κ1) is 16.4. The largest absolute Gasteiger partial charge is 0.360 e. The van der Waals surface area contributed by atoms with Crippen LogP contribution in [-0.4, -0.2) is 33.3 Å². The molecule has 1 aromatic carbocycles. The van der Waals surface area contributed by atoms with Crippen molar-refractivity contribution in [2.45, 2.75) is 32.2 Å². The smallest absolute Gasteiger partial charge is 0.150 e. The van der Waals surface area contributed by atoms with Gasteiger partial charge in [-0.05, 0) is 38.4 Å². The molecule has 1 atom stereocenters. The molecule has 7 heteroatoms. The fourth-order valence-electron chi connectivity index (χ4n) is 3.25. The molecule has 130 valence electrons. The number of nitrogens with zero attached hydrogens (tertiary/aromatic N) is 4. The minimum Gasteiger partial charge on any atom is -0.360 e. The Bertz CT molecular complexity index is 862. The van der Waals surface area contributed by atoms with E-state index in [-0.39, 0.29) is 5.82 Å². The van der Waals surface area contributed by atoms with Crippen molar-refractivity contribution >= 4 is 11.3 Å². The molecule has 1 saturated heterocycles. The zero-order valence-electron chi connectivity index (χ0n) is 14.0. The maximum atomic E-state index is 13.9. The summed E-state index contributed by atoms with van der Waals surface area (Å²) < 4.78 is 19.3. The number of benzene rings is 1. The predicted molar refractivity (Wildman–Crippen MR) is 93.8 cm³/mol. The van der Waals surface area contributed by atoms with Crippen LogP contribution in [0.25, 0.3) is 10.6 Å². The van der Waals surface area contributed by atoms with Gasteiger partial charge in [-0.3, -0.25) is 4.90 Å². The number of piperidine rings is 1. The first-order valence-electron chi connectivity index (χ1n) is 8.42. The second-order valence-electron chi connectivity index (χ2n) is 6.43. The normalized spacial score (nSPS) is 18.6. The molecule has 0 bridgehead atoms. The number of aryl methyl sites for hydroxylation is 1. The number of hydrogen-bond donors (Lipinski definition) is 0. The Morgan fingerprint density at radius 2 is 2.20 bits per heavy atom. The molecule has 1 fully saturated rings. The summed E-state index contributed by atoms with van der Waals surface area (Å²) in [5, 5.41) is 14.1. The highest BCUT2D eigenvalue weighted by Crippen LogP contribution is 2.33. The third-order valence-corrected chi connectivity index (χ3v) is 5.57.